The van der Waals surface area contributed by atoms with Crippen molar-refractivity contribution in [3.63, 3.8) is 0 Å². The average Bonchev–Trinajstić information content (AvgIpc) is 2.67. The smallest absolute Gasteiger partial charge is 0.225 e. The van der Waals surface area contributed by atoms with Crippen molar-refractivity contribution < 1.29 is 14.3 Å². The van der Waals surface area contributed by atoms with Crippen molar-refractivity contribution in [1.82, 2.24) is 10.2 Å². The van der Waals surface area contributed by atoms with E-state index in [1.807, 2.05) is 49.1 Å². The molecule has 1 heterocycles. The number of piperidine rings is 1. The van der Waals surface area contributed by atoms with E-state index in [1.54, 1.807) is 0 Å². The topological polar surface area (TPSA) is 58.6 Å². The predicted molar refractivity (Wildman–Crippen MR) is 98.3 cm³/mol. The third kappa shape index (κ3) is 6.07. The number of nitrogens with one attached hydrogen (secondary N) is 1. The molecule has 1 aromatic carbocycles. The number of ether oxygens (including phenoxy) is 1. The Morgan fingerprint density at radius 3 is 2.80 bits per heavy atom. The molecule has 0 bridgehead atoms. The molecule has 138 valence electrons. The Balaban J connectivity index is 1.67. The summed E-state index contributed by atoms with van der Waals surface area (Å²) in [5, 5.41) is 2.98. The lowest BCUT2D eigenvalue weighted by atomic mass is 9.95. The van der Waals surface area contributed by atoms with Gasteiger partial charge in [-0.25, -0.2) is 0 Å². The van der Waals surface area contributed by atoms with Crippen molar-refractivity contribution in [2.75, 3.05) is 26.2 Å². The van der Waals surface area contributed by atoms with Gasteiger partial charge in [0.25, 0.3) is 0 Å². The molecule has 0 unspecified atom stereocenters. The van der Waals surface area contributed by atoms with E-state index in [1.165, 1.54) is 0 Å². The van der Waals surface area contributed by atoms with Crippen molar-refractivity contribution >= 4 is 11.8 Å². The number of hydrogen-bond acceptors (Lipinski definition) is 3. The molecule has 2 amide bonds. The second-order valence-corrected chi connectivity index (χ2v) is 6.74. The molecule has 1 aliphatic heterocycles. The lowest BCUT2D eigenvalue weighted by Gasteiger charge is -2.33. The van der Waals surface area contributed by atoms with Gasteiger partial charge in [0.1, 0.15) is 5.75 Å². The molecule has 25 heavy (non-hydrogen) atoms. The van der Waals surface area contributed by atoms with E-state index in [0.29, 0.717) is 19.7 Å². The lowest BCUT2D eigenvalue weighted by Crippen LogP contribution is -2.47. The van der Waals surface area contributed by atoms with E-state index in [0.717, 1.165) is 38.0 Å². The zero-order valence-corrected chi connectivity index (χ0v) is 15.4. The minimum atomic E-state index is -0.0863. The first-order valence-corrected chi connectivity index (χ1v) is 9.36. The minimum absolute atomic E-state index is 0.0388. The maximum Gasteiger partial charge on any atom is 0.225 e. The highest BCUT2D eigenvalue weighted by molar-refractivity contribution is 5.82. The largest absolute Gasteiger partial charge is 0.494 e. The number of rotatable bonds is 8. The third-order valence-electron chi connectivity index (χ3n) is 4.77. The van der Waals surface area contributed by atoms with Crippen molar-refractivity contribution in [3.8, 4) is 5.75 Å². The van der Waals surface area contributed by atoms with E-state index in [2.05, 4.69) is 5.32 Å². The van der Waals surface area contributed by atoms with Gasteiger partial charge in [-0.3, -0.25) is 9.59 Å². The minimum Gasteiger partial charge on any atom is -0.494 e. The van der Waals surface area contributed by atoms with Gasteiger partial charge in [0.05, 0.1) is 12.5 Å². The number of hydrogen-bond donors (Lipinski definition) is 1. The summed E-state index contributed by atoms with van der Waals surface area (Å²) in [5.41, 5.74) is 0. The molecule has 1 aromatic rings. The summed E-state index contributed by atoms with van der Waals surface area (Å²) in [7, 11) is 0. The van der Waals surface area contributed by atoms with Gasteiger partial charge in [-0.05, 0) is 37.8 Å². The Bertz CT molecular complexity index is 547. The Morgan fingerprint density at radius 2 is 2.08 bits per heavy atom. The van der Waals surface area contributed by atoms with Crippen LogP contribution >= 0.6 is 0 Å². The molecule has 0 aliphatic carbocycles. The first-order chi connectivity index (χ1) is 12.1. The summed E-state index contributed by atoms with van der Waals surface area (Å²) in [6.45, 7) is 6.48. The fraction of sp³-hybridized carbons (Fsp3) is 0.600. The molecule has 0 spiro atoms. The van der Waals surface area contributed by atoms with Crippen LogP contribution in [0, 0.1) is 11.8 Å². The van der Waals surface area contributed by atoms with E-state index >= 15 is 0 Å². The molecule has 5 nitrogen and oxygen atoms in total. The molecular formula is C20H30N2O3. The second kappa shape index (κ2) is 10.1. The van der Waals surface area contributed by atoms with Crippen LogP contribution in [0.2, 0.25) is 0 Å². The van der Waals surface area contributed by atoms with Crippen molar-refractivity contribution in [1.29, 1.82) is 0 Å². The highest BCUT2D eigenvalue weighted by atomic mass is 16.5. The first kappa shape index (κ1) is 19.3. The molecule has 0 radical (unpaired) electrons. The van der Waals surface area contributed by atoms with Crippen LogP contribution in [0.15, 0.2) is 30.3 Å². The number of carbonyl (C=O) groups is 2. The second-order valence-electron chi connectivity index (χ2n) is 6.74. The monoisotopic (exact) mass is 346 g/mol. The van der Waals surface area contributed by atoms with Crippen LogP contribution < -0.4 is 10.1 Å². The molecule has 1 aliphatic rings. The number of likely N-dealkylation sites (tertiary alicyclic amines) is 1. The van der Waals surface area contributed by atoms with Gasteiger partial charge < -0.3 is 15.0 Å². The zero-order valence-electron chi connectivity index (χ0n) is 15.4. The zero-order chi connectivity index (χ0) is 18.1. The third-order valence-corrected chi connectivity index (χ3v) is 4.77. The van der Waals surface area contributed by atoms with Crippen molar-refractivity contribution in [2.45, 2.75) is 39.5 Å². The fourth-order valence-electron chi connectivity index (χ4n) is 3.01. The number of amides is 2. The van der Waals surface area contributed by atoms with Crippen LogP contribution in [0.3, 0.4) is 0 Å². The average molecular weight is 346 g/mol. The van der Waals surface area contributed by atoms with Crippen LogP contribution in [0.4, 0.5) is 0 Å². The van der Waals surface area contributed by atoms with Gasteiger partial charge in [0, 0.05) is 25.6 Å². The quantitative estimate of drug-likeness (QED) is 0.737. The number of nitrogens with zero attached hydrogens (tertiary/aromatic N) is 1. The van der Waals surface area contributed by atoms with Gasteiger partial charge in [-0.2, -0.15) is 0 Å². The molecule has 1 saturated heterocycles. The van der Waals surface area contributed by atoms with Crippen LogP contribution in [-0.2, 0) is 9.59 Å². The Kier molecular flexibility index (Phi) is 7.76. The summed E-state index contributed by atoms with van der Waals surface area (Å²) >= 11 is 0. The molecule has 1 fully saturated rings. The summed E-state index contributed by atoms with van der Waals surface area (Å²) in [4.78, 5) is 26.5. The molecule has 1 N–H and O–H groups in total. The number of para-hydroxylation sites is 1. The van der Waals surface area contributed by atoms with Gasteiger partial charge >= 0.3 is 0 Å². The maximum atomic E-state index is 12.3. The molecule has 2 atom stereocenters. The van der Waals surface area contributed by atoms with E-state index in [4.69, 9.17) is 4.74 Å². The van der Waals surface area contributed by atoms with Gasteiger partial charge in [0.15, 0.2) is 0 Å². The van der Waals surface area contributed by atoms with Crippen LogP contribution in [-0.4, -0.2) is 43.0 Å². The highest BCUT2D eigenvalue weighted by Crippen LogP contribution is 2.19. The summed E-state index contributed by atoms with van der Waals surface area (Å²) in [6.07, 6.45) is 3.37. The van der Waals surface area contributed by atoms with Gasteiger partial charge in [-0.1, -0.05) is 32.0 Å². The maximum absolute atomic E-state index is 12.3. The van der Waals surface area contributed by atoms with E-state index in [9.17, 15) is 9.59 Å². The van der Waals surface area contributed by atoms with E-state index in [-0.39, 0.29) is 23.7 Å². The lowest BCUT2D eigenvalue weighted by molar-refractivity contribution is -0.138. The highest BCUT2D eigenvalue weighted by Gasteiger charge is 2.29. The standard InChI is InChI=1S/C20H30N2O3/c1-3-16(2)20(24)22-13-7-9-17(15-22)19(23)21-12-8-14-25-18-10-5-4-6-11-18/h4-6,10-11,16-17H,3,7-9,12-15H2,1-2H3,(H,21,23)/t16-,17-/m1/s1. The van der Waals surface area contributed by atoms with Gasteiger partial charge in [0.2, 0.25) is 11.8 Å². The molecule has 0 aromatic heterocycles. The number of carbonyl (C=O) groups excluding carboxylic acids is 2. The Labute approximate surface area is 150 Å². The fourth-order valence-corrected chi connectivity index (χ4v) is 3.01. The van der Waals surface area contributed by atoms with Crippen molar-refractivity contribution in [2.24, 2.45) is 11.8 Å². The SMILES string of the molecule is CC[C@@H](C)C(=O)N1CCC[C@@H](C(=O)NCCCOc2ccccc2)C1. The summed E-state index contributed by atoms with van der Waals surface area (Å²) < 4.78 is 5.62. The van der Waals surface area contributed by atoms with Crippen LogP contribution in [0.5, 0.6) is 5.75 Å². The first-order valence-electron chi connectivity index (χ1n) is 9.36. The Hall–Kier alpha value is -2.04. The van der Waals surface area contributed by atoms with Gasteiger partial charge in [-0.15, -0.1) is 0 Å². The number of benzene rings is 1. The van der Waals surface area contributed by atoms with Crippen LogP contribution in [0.1, 0.15) is 39.5 Å². The molecular weight excluding hydrogens is 316 g/mol. The molecule has 0 saturated carbocycles. The molecule has 2 rings (SSSR count). The summed E-state index contributed by atoms with van der Waals surface area (Å²) in [5.74, 6) is 1.03. The Morgan fingerprint density at radius 1 is 1.32 bits per heavy atom. The van der Waals surface area contributed by atoms with Crippen molar-refractivity contribution in [3.05, 3.63) is 30.3 Å². The van der Waals surface area contributed by atoms with Crippen LogP contribution in [0.25, 0.3) is 0 Å². The predicted octanol–water partition coefficient (Wildman–Crippen LogP) is 2.86. The van der Waals surface area contributed by atoms with E-state index < -0.39 is 0 Å². The summed E-state index contributed by atoms with van der Waals surface area (Å²) in [6, 6.07) is 9.67. The molecule has 5 heteroatoms. The normalized spacial score (nSPS) is 18.5.